The number of carbonyl (C=O) groups is 9. The molecule has 80 heavy (non-hydrogen) atoms. The molecule has 23 nitrogen and oxygen atoms in total. The van der Waals surface area contributed by atoms with Gasteiger partial charge in [0.2, 0.25) is 12.0 Å². The highest BCUT2D eigenvalue weighted by Gasteiger charge is 2.64. The number of hydrogen-bond donors (Lipinski definition) is 2. The Labute approximate surface area is 470 Å². The van der Waals surface area contributed by atoms with Crippen LogP contribution in [0.2, 0.25) is 5.02 Å². The number of halogens is 1. The van der Waals surface area contributed by atoms with E-state index in [-0.39, 0.29) is 69.0 Å². The van der Waals surface area contributed by atoms with Crippen LogP contribution in [0.3, 0.4) is 0 Å². The van der Waals surface area contributed by atoms with Crippen molar-refractivity contribution in [2.75, 3.05) is 61.7 Å². The highest BCUT2D eigenvalue weighted by Crippen LogP contribution is 2.49. The molecule has 1 saturated carbocycles. The van der Waals surface area contributed by atoms with Crippen LogP contribution in [0.1, 0.15) is 96.6 Å². The van der Waals surface area contributed by atoms with Crippen molar-refractivity contribution in [1.29, 1.82) is 0 Å². The molecule has 2 N–H and O–H groups in total. The molecule has 3 aliphatic carbocycles. The van der Waals surface area contributed by atoms with E-state index in [9.17, 15) is 48.3 Å². The van der Waals surface area contributed by atoms with Crippen molar-refractivity contribution in [2.24, 2.45) is 5.92 Å². The second kappa shape index (κ2) is 27.9. The topological polar surface area (TPSA) is 282 Å². The minimum Gasteiger partial charge on any atom is -0.495 e. The lowest BCUT2D eigenvalue weighted by molar-refractivity contribution is -0.164. The zero-order valence-corrected chi connectivity index (χ0v) is 47.6. The smallest absolute Gasteiger partial charge is 0.410 e. The zero-order valence-electron chi connectivity index (χ0n) is 46.9. The van der Waals surface area contributed by atoms with Gasteiger partial charge in [-0.1, -0.05) is 60.9 Å². The van der Waals surface area contributed by atoms with Crippen LogP contribution in [-0.2, 0) is 79.5 Å². The molecule has 440 valence electrons. The van der Waals surface area contributed by atoms with Gasteiger partial charge in [0.15, 0.2) is 17.3 Å². The first kappa shape index (κ1) is 62.8. The number of benzene rings is 1. The van der Waals surface area contributed by atoms with Crippen molar-refractivity contribution in [2.45, 2.75) is 158 Å². The molecule has 4 amide bonds. The van der Waals surface area contributed by atoms with E-state index >= 15 is 0 Å². The lowest BCUT2D eigenvalue weighted by Crippen LogP contribution is -2.63. The molecule has 2 aliphatic heterocycles. The van der Waals surface area contributed by atoms with E-state index in [2.05, 4.69) is 5.32 Å². The second-order valence-corrected chi connectivity index (χ2v) is 21.6. The molecular formula is C56H75ClN4O19. The Morgan fingerprint density at radius 3 is 2.33 bits per heavy atom. The van der Waals surface area contributed by atoms with E-state index in [1.807, 2.05) is 19.1 Å². The SMILES string of the molecule is COc1cc2cc(c1Cl)CC(=O)C[C@H](OC(=O)[C@H](C)N(C)C(=O)CCOC(=O)N(C)CCN(C)C(=O)OC1/C=C/CCCCC1OCC(=O)OC1C(=O)CCC1=O)[C@]1(C)O[C@H]1[C@H](C)[C@@H]1C[C@@](O)(NC(=O)O1)[C@H](OC)/C=C/C=C(\C)C2. The fourth-order valence-electron chi connectivity index (χ4n) is 10.0. The number of alkyl carbamates (subject to hydrolysis) is 1. The number of carbonyl (C=O) groups excluding carboxylic acids is 9. The number of allylic oxidation sites excluding steroid dienone is 4. The van der Waals surface area contributed by atoms with Gasteiger partial charge < -0.3 is 62.4 Å². The normalized spacial score (nSPS) is 29.1. The lowest BCUT2D eigenvalue weighted by Gasteiger charge is -2.42. The molecule has 2 unspecified atom stereocenters. The van der Waals surface area contributed by atoms with E-state index in [4.69, 9.17) is 54.2 Å². The quantitative estimate of drug-likeness (QED) is 0.0730. The maximum absolute atomic E-state index is 14.1. The Morgan fingerprint density at radius 1 is 0.938 bits per heavy atom. The third kappa shape index (κ3) is 16.2. The second-order valence-electron chi connectivity index (χ2n) is 21.2. The van der Waals surface area contributed by atoms with Crippen LogP contribution in [0.4, 0.5) is 14.4 Å². The molecule has 3 fully saturated rings. The molecule has 0 aromatic heterocycles. The highest BCUT2D eigenvalue weighted by molar-refractivity contribution is 6.33. The third-order valence-corrected chi connectivity index (χ3v) is 15.6. The zero-order chi connectivity index (χ0) is 58.6. The van der Waals surface area contributed by atoms with Crippen LogP contribution in [-0.4, -0.2) is 195 Å². The summed E-state index contributed by atoms with van der Waals surface area (Å²) in [5.74, 6) is -3.87. The van der Waals surface area contributed by atoms with Crippen molar-refractivity contribution in [1.82, 2.24) is 20.0 Å². The molecule has 0 spiro atoms. The van der Waals surface area contributed by atoms with E-state index in [1.165, 1.54) is 52.1 Å². The number of rotatable bonds is 16. The molecule has 1 aromatic rings. The number of nitrogens with zero attached hydrogens (tertiary/aromatic N) is 3. The first-order valence-corrected chi connectivity index (χ1v) is 27.2. The van der Waals surface area contributed by atoms with Crippen LogP contribution in [0.15, 0.2) is 48.1 Å². The van der Waals surface area contributed by atoms with Gasteiger partial charge in [-0.05, 0) is 69.7 Å². The van der Waals surface area contributed by atoms with Gasteiger partial charge in [-0.3, -0.25) is 24.5 Å². The molecule has 6 rings (SSSR count). The number of hydrogen-bond acceptors (Lipinski definition) is 19. The predicted molar refractivity (Wildman–Crippen MR) is 284 cm³/mol. The van der Waals surface area contributed by atoms with E-state index in [0.29, 0.717) is 30.6 Å². The number of epoxide rings is 1. The van der Waals surface area contributed by atoms with E-state index < -0.39 is 120 Å². The Balaban J connectivity index is 1.04. The average Bonchev–Trinajstić information content (AvgIpc) is 4.01. The summed E-state index contributed by atoms with van der Waals surface area (Å²) in [6.45, 7) is 5.84. The fraction of sp³-hybridized carbons (Fsp3) is 0.625. The van der Waals surface area contributed by atoms with Gasteiger partial charge in [-0.15, -0.1) is 0 Å². The molecule has 1 aromatic carbocycles. The van der Waals surface area contributed by atoms with Gasteiger partial charge in [0, 0.05) is 79.4 Å². The number of ketones is 3. The molecule has 2 saturated heterocycles. The number of methoxy groups -OCH3 is 2. The van der Waals surface area contributed by atoms with Gasteiger partial charge >= 0.3 is 30.2 Å². The molecule has 5 aliphatic rings. The van der Waals surface area contributed by atoms with E-state index in [1.54, 1.807) is 44.2 Å². The summed E-state index contributed by atoms with van der Waals surface area (Å²) in [5, 5.41) is 14.6. The maximum Gasteiger partial charge on any atom is 0.410 e. The van der Waals surface area contributed by atoms with Gasteiger partial charge in [0.1, 0.15) is 60.8 Å². The number of Topliss-reactive ketones (excluding diaryl/α,β-unsaturated/α-hetero) is 3. The largest absolute Gasteiger partial charge is 0.495 e. The molecule has 2 heterocycles. The Morgan fingerprint density at radius 2 is 1.64 bits per heavy atom. The molecule has 24 heteroatoms. The fourth-order valence-corrected chi connectivity index (χ4v) is 10.3. The van der Waals surface area contributed by atoms with Crippen molar-refractivity contribution < 1.29 is 90.9 Å². The average molecular weight is 1140 g/mol. The van der Waals surface area contributed by atoms with Gasteiger partial charge in [0.05, 0.1) is 30.8 Å². The Kier molecular flexibility index (Phi) is 21.9. The van der Waals surface area contributed by atoms with Crippen LogP contribution < -0.4 is 10.1 Å². The Bertz CT molecular complexity index is 2570. The summed E-state index contributed by atoms with van der Waals surface area (Å²) in [7, 11) is 7.15. The molecule has 10 atom stereocenters. The molecule has 4 bridgehead atoms. The summed E-state index contributed by atoms with van der Waals surface area (Å²) in [5.41, 5.74) is -1.03. The number of nitrogens with one attached hydrogen (secondary N) is 1. The lowest BCUT2D eigenvalue weighted by atomic mass is 9.83. The molecule has 0 radical (unpaired) electrons. The van der Waals surface area contributed by atoms with Crippen LogP contribution >= 0.6 is 11.6 Å². The summed E-state index contributed by atoms with van der Waals surface area (Å²) in [4.78, 5) is 121. The highest BCUT2D eigenvalue weighted by atomic mass is 35.5. The molecular weight excluding hydrogens is 1070 g/mol. The van der Waals surface area contributed by atoms with Gasteiger partial charge in [-0.2, -0.15) is 0 Å². The van der Waals surface area contributed by atoms with Crippen LogP contribution in [0, 0.1) is 5.92 Å². The van der Waals surface area contributed by atoms with Crippen LogP contribution in [0.5, 0.6) is 5.75 Å². The van der Waals surface area contributed by atoms with Crippen molar-refractivity contribution in [3.63, 3.8) is 0 Å². The minimum atomic E-state index is -1.89. The number of ether oxygens (including phenoxy) is 9. The predicted octanol–water partition coefficient (Wildman–Crippen LogP) is 4.92. The van der Waals surface area contributed by atoms with Gasteiger partial charge in [-0.25, -0.2) is 24.0 Å². The van der Waals surface area contributed by atoms with Crippen molar-refractivity contribution in [3.8, 4) is 5.75 Å². The monoisotopic (exact) mass is 1140 g/mol. The van der Waals surface area contributed by atoms with Gasteiger partial charge in [0.25, 0.3) is 0 Å². The minimum absolute atomic E-state index is 0.00000548. The number of amides is 4. The first-order valence-electron chi connectivity index (χ1n) is 26.8. The standard InChI is InChI=1S/C56H75ClN4O19/c1-32-15-14-18-44(73-9)56(71)30-43(76-52(68)58-56)33(2)50-55(4,80-50)45(29-37(62)28-36-26-35(25-32)27-42(72-8)48(36)57)78-51(67)34(3)61(7)46(65)21-24-74-53(69)59(5)22-23-60(6)54(70)77-41-17-13-11-10-12-16-40(41)75-31-47(66)79-49-38(63)19-20-39(49)64/h13-15,17-18,26-27,33-34,40-41,43-45,49-50,71H,10-12,16,19-25,28-31H2,1-9H3,(H,58,68)/b17-13+,18-14+,32-15+/t33-,34+,40?,41?,43+,44-,45+,50+,55+,56+/m1/s1. The first-order chi connectivity index (χ1) is 37.9. The number of aliphatic hydroxyl groups is 1. The van der Waals surface area contributed by atoms with Crippen molar-refractivity contribution >= 4 is 65.1 Å². The number of esters is 2. The number of likely N-dealkylation sites (N-methyl/N-ethyl adjacent to an activating group) is 3. The summed E-state index contributed by atoms with van der Waals surface area (Å²) < 4.78 is 51.3. The maximum atomic E-state index is 14.1. The van der Waals surface area contributed by atoms with E-state index in [0.717, 1.165) is 28.9 Å². The van der Waals surface area contributed by atoms with Crippen LogP contribution in [0.25, 0.3) is 0 Å². The third-order valence-electron chi connectivity index (χ3n) is 15.2. The summed E-state index contributed by atoms with van der Waals surface area (Å²) in [6, 6.07) is 2.37. The Hall–Kier alpha value is -6.40. The number of fused-ring (bicyclic) bond motifs is 5. The summed E-state index contributed by atoms with van der Waals surface area (Å²) >= 11 is 6.76. The summed E-state index contributed by atoms with van der Waals surface area (Å²) in [6.07, 6.45) is 1.58. The van der Waals surface area contributed by atoms with Crippen molar-refractivity contribution in [3.05, 3.63) is 64.2 Å².